The maximum Gasteiger partial charge on any atom is 0.319 e. The van der Waals surface area contributed by atoms with Gasteiger partial charge in [0.1, 0.15) is 0 Å². The summed E-state index contributed by atoms with van der Waals surface area (Å²) in [7, 11) is 3.67. The van der Waals surface area contributed by atoms with Gasteiger partial charge < -0.3 is 15.1 Å². The van der Waals surface area contributed by atoms with Crippen LogP contribution in [-0.2, 0) is 0 Å². The van der Waals surface area contributed by atoms with Gasteiger partial charge in [-0.15, -0.1) is 0 Å². The molecule has 3 rings (SSSR count). The highest BCUT2D eigenvalue weighted by Crippen LogP contribution is 2.48. The quantitative estimate of drug-likeness (QED) is 0.837. The molecule has 0 aromatic rings. The van der Waals surface area contributed by atoms with Crippen LogP contribution in [0.3, 0.4) is 0 Å². The van der Waals surface area contributed by atoms with Crippen LogP contribution < -0.4 is 5.32 Å². The normalized spacial score (nSPS) is 24.2. The lowest BCUT2D eigenvalue weighted by molar-refractivity contribution is 0.151. The number of nitrogens with one attached hydrogen (secondary N) is 1. The topological polar surface area (TPSA) is 35.6 Å². The second-order valence-corrected chi connectivity index (χ2v) is 7.19. The number of amides is 2. The van der Waals surface area contributed by atoms with Gasteiger partial charge in [0.05, 0.1) is 0 Å². The van der Waals surface area contributed by atoms with Gasteiger partial charge in [0.25, 0.3) is 0 Å². The maximum atomic E-state index is 11.9. The Kier molecular flexibility index (Phi) is 4.20. The number of likely N-dealkylation sites (tertiary alicyclic amines) is 1. The Hall–Kier alpha value is -0.770. The van der Waals surface area contributed by atoms with E-state index in [-0.39, 0.29) is 6.03 Å². The lowest BCUT2D eigenvalue weighted by Crippen LogP contribution is -2.48. The van der Waals surface area contributed by atoms with Gasteiger partial charge in [-0.1, -0.05) is 0 Å². The first kappa shape index (κ1) is 14.2. The summed E-state index contributed by atoms with van der Waals surface area (Å²) in [6.07, 6.45) is 8.11. The van der Waals surface area contributed by atoms with Crippen molar-refractivity contribution in [1.29, 1.82) is 0 Å². The minimum atomic E-state index is 0.164. The fourth-order valence-corrected chi connectivity index (χ4v) is 3.63. The van der Waals surface area contributed by atoms with Crippen molar-refractivity contribution in [3.63, 3.8) is 0 Å². The largest absolute Gasteiger partial charge is 0.331 e. The predicted octanol–water partition coefficient (Wildman–Crippen LogP) is 2.16. The van der Waals surface area contributed by atoms with Crippen molar-refractivity contribution in [3.05, 3.63) is 0 Å². The van der Waals surface area contributed by atoms with Crippen molar-refractivity contribution in [2.24, 2.45) is 17.8 Å². The molecule has 2 amide bonds. The van der Waals surface area contributed by atoms with E-state index in [1.54, 1.807) is 4.90 Å². The van der Waals surface area contributed by atoms with Gasteiger partial charge in [-0.3, -0.25) is 0 Å². The van der Waals surface area contributed by atoms with Gasteiger partial charge in [0, 0.05) is 33.2 Å². The van der Waals surface area contributed by atoms with Crippen molar-refractivity contribution in [2.75, 3.05) is 33.7 Å². The summed E-state index contributed by atoms with van der Waals surface area (Å²) < 4.78 is 0. The number of rotatable bonds is 5. The van der Waals surface area contributed by atoms with E-state index in [1.807, 2.05) is 19.0 Å². The molecular weight excluding hydrogens is 250 g/mol. The van der Waals surface area contributed by atoms with Crippen molar-refractivity contribution in [2.45, 2.75) is 44.6 Å². The molecule has 1 saturated heterocycles. The van der Waals surface area contributed by atoms with E-state index in [4.69, 9.17) is 0 Å². The van der Waals surface area contributed by atoms with Crippen LogP contribution in [-0.4, -0.2) is 55.6 Å². The first-order valence-electron chi connectivity index (χ1n) is 8.34. The zero-order valence-electron chi connectivity index (χ0n) is 13.0. The number of nitrogens with zero attached hydrogens (tertiary/aromatic N) is 2. The summed E-state index contributed by atoms with van der Waals surface area (Å²) in [6, 6.07) is 0.790. The number of hydrogen-bond acceptors (Lipinski definition) is 2. The molecule has 0 bridgehead atoms. The van der Waals surface area contributed by atoms with Crippen LogP contribution in [0.1, 0.15) is 38.5 Å². The van der Waals surface area contributed by atoms with Crippen LogP contribution in [0.25, 0.3) is 0 Å². The zero-order valence-corrected chi connectivity index (χ0v) is 13.0. The fourth-order valence-electron chi connectivity index (χ4n) is 3.63. The van der Waals surface area contributed by atoms with Crippen LogP contribution in [0.5, 0.6) is 0 Å². The maximum absolute atomic E-state index is 11.9. The van der Waals surface area contributed by atoms with E-state index >= 15 is 0 Å². The highest BCUT2D eigenvalue weighted by molar-refractivity contribution is 5.73. The summed E-state index contributed by atoms with van der Waals surface area (Å²) in [5.74, 6) is 3.02. The van der Waals surface area contributed by atoms with Crippen LogP contribution in [0.15, 0.2) is 0 Å². The van der Waals surface area contributed by atoms with Crippen LogP contribution >= 0.6 is 0 Å². The van der Waals surface area contributed by atoms with Gasteiger partial charge in [-0.05, 0) is 62.8 Å². The molecule has 3 aliphatic rings. The minimum Gasteiger partial charge on any atom is -0.331 e. The van der Waals surface area contributed by atoms with Crippen molar-refractivity contribution in [1.82, 2.24) is 15.1 Å². The Bertz CT molecular complexity index is 330. The Labute approximate surface area is 122 Å². The van der Waals surface area contributed by atoms with E-state index in [0.29, 0.717) is 6.04 Å². The summed E-state index contributed by atoms with van der Waals surface area (Å²) in [5.41, 5.74) is 0. The Morgan fingerprint density at radius 1 is 1.10 bits per heavy atom. The lowest BCUT2D eigenvalue weighted by Gasteiger charge is -2.34. The molecule has 1 aliphatic heterocycles. The van der Waals surface area contributed by atoms with E-state index in [1.165, 1.54) is 32.2 Å². The Morgan fingerprint density at radius 2 is 1.65 bits per heavy atom. The summed E-state index contributed by atoms with van der Waals surface area (Å²) in [4.78, 5) is 15.6. The zero-order chi connectivity index (χ0) is 14.1. The fraction of sp³-hybridized carbons (Fsp3) is 0.938. The standard InChI is InChI=1S/C16H29N3O/c1-18(2)16(20)19-9-7-14(8-10-19)17-11-15(12-3-4-12)13-5-6-13/h12-15,17H,3-11H2,1-2H3. The second kappa shape index (κ2) is 5.92. The van der Waals surface area contributed by atoms with Crippen LogP contribution in [0.2, 0.25) is 0 Å². The molecule has 2 saturated carbocycles. The van der Waals surface area contributed by atoms with Crippen molar-refractivity contribution < 1.29 is 4.79 Å². The highest BCUT2D eigenvalue weighted by atomic mass is 16.2. The number of hydrogen-bond donors (Lipinski definition) is 1. The van der Waals surface area contributed by atoms with Crippen LogP contribution in [0, 0.1) is 17.8 Å². The predicted molar refractivity (Wildman–Crippen MR) is 80.6 cm³/mol. The highest BCUT2D eigenvalue weighted by Gasteiger charge is 2.41. The molecule has 20 heavy (non-hydrogen) atoms. The lowest BCUT2D eigenvalue weighted by atomic mass is 9.96. The molecule has 0 aromatic heterocycles. The summed E-state index contributed by atoms with van der Waals surface area (Å²) in [6.45, 7) is 3.04. The van der Waals surface area contributed by atoms with Gasteiger partial charge in [0.2, 0.25) is 0 Å². The van der Waals surface area contributed by atoms with Crippen molar-refractivity contribution >= 4 is 6.03 Å². The number of carbonyl (C=O) groups is 1. The minimum absolute atomic E-state index is 0.164. The molecule has 0 radical (unpaired) electrons. The molecule has 3 fully saturated rings. The third kappa shape index (κ3) is 3.46. The van der Waals surface area contributed by atoms with Gasteiger partial charge in [-0.25, -0.2) is 4.79 Å². The number of piperidine rings is 1. The monoisotopic (exact) mass is 279 g/mol. The average Bonchev–Trinajstić information content (AvgIpc) is 3.32. The first-order chi connectivity index (χ1) is 9.65. The molecule has 0 atom stereocenters. The summed E-state index contributed by atoms with van der Waals surface area (Å²) >= 11 is 0. The van der Waals surface area contributed by atoms with Gasteiger partial charge in [0.15, 0.2) is 0 Å². The molecule has 0 unspecified atom stereocenters. The average molecular weight is 279 g/mol. The molecule has 4 nitrogen and oxygen atoms in total. The third-order valence-corrected chi connectivity index (χ3v) is 5.25. The smallest absolute Gasteiger partial charge is 0.319 e. The Balaban J connectivity index is 1.39. The molecule has 1 heterocycles. The number of urea groups is 1. The molecule has 2 aliphatic carbocycles. The van der Waals surface area contributed by atoms with E-state index in [0.717, 1.165) is 43.7 Å². The van der Waals surface area contributed by atoms with E-state index in [2.05, 4.69) is 5.32 Å². The molecule has 0 spiro atoms. The Morgan fingerprint density at radius 3 is 2.10 bits per heavy atom. The summed E-state index contributed by atoms with van der Waals surface area (Å²) in [5, 5.41) is 3.80. The molecule has 1 N–H and O–H groups in total. The molecule has 0 aromatic carbocycles. The first-order valence-corrected chi connectivity index (χ1v) is 8.34. The number of carbonyl (C=O) groups excluding carboxylic acids is 1. The molecule has 114 valence electrons. The molecule has 4 heteroatoms. The second-order valence-electron chi connectivity index (χ2n) is 7.19. The van der Waals surface area contributed by atoms with Gasteiger partial charge >= 0.3 is 6.03 Å². The van der Waals surface area contributed by atoms with Crippen LogP contribution in [0.4, 0.5) is 4.79 Å². The van der Waals surface area contributed by atoms with E-state index < -0.39 is 0 Å². The SMILES string of the molecule is CN(C)C(=O)N1CCC(NCC(C2CC2)C2CC2)CC1. The van der Waals surface area contributed by atoms with Crippen molar-refractivity contribution in [3.8, 4) is 0 Å². The van der Waals surface area contributed by atoms with Gasteiger partial charge in [-0.2, -0.15) is 0 Å². The third-order valence-electron chi connectivity index (χ3n) is 5.25. The van der Waals surface area contributed by atoms with E-state index in [9.17, 15) is 4.79 Å². The molecular formula is C16H29N3O.